The van der Waals surface area contributed by atoms with Gasteiger partial charge in [-0.1, -0.05) is 0 Å². The molecule has 6 nitrogen and oxygen atoms in total. The predicted molar refractivity (Wildman–Crippen MR) is 61.2 cm³/mol. The van der Waals surface area contributed by atoms with E-state index in [2.05, 4.69) is 14.7 Å². The lowest BCUT2D eigenvalue weighted by molar-refractivity contribution is -0.139. The molecule has 1 aromatic heterocycles. The molecule has 0 N–H and O–H groups in total. The van der Waals surface area contributed by atoms with E-state index < -0.39 is 0 Å². The zero-order chi connectivity index (χ0) is 12.8. The monoisotopic (exact) mass is 234 g/mol. The Morgan fingerprint density at radius 2 is 2.35 bits per heavy atom. The number of nitrogens with zero attached hydrogens (tertiary/aromatic N) is 4. The summed E-state index contributed by atoms with van der Waals surface area (Å²) in [4.78, 5) is 21.0. The summed E-state index contributed by atoms with van der Waals surface area (Å²) < 4.78 is 4.61. The first-order valence-electron chi connectivity index (χ1n) is 5.15. The molecule has 17 heavy (non-hydrogen) atoms. The number of esters is 1. The highest BCUT2D eigenvalue weighted by Crippen LogP contribution is 2.11. The Balaban J connectivity index is 2.97. The number of carbonyl (C=O) groups is 1. The first kappa shape index (κ1) is 12.9. The summed E-state index contributed by atoms with van der Waals surface area (Å²) in [5.74, 6) is -0.0193. The first-order valence-corrected chi connectivity index (χ1v) is 5.15. The smallest absolute Gasteiger partial charge is 0.325 e. The summed E-state index contributed by atoms with van der Waals surface area (Å²) in [6, 6.07) is 3.48. The highest BCUT2D eigenvalue weighted by molar-refractivity contribution is 5.74. The molecule has 0 aliphatic rings. The van der Waals surface area contributed by atoms with Gasteiger partial charge in [0.15, 0.2) is 0 Å². The summed E-state index contributed by atoms with van der Waals surface area (Å²) in [7, 11) is 1.33. The van der Waals surface area contributed by atoms with Gasteiger partial charge >= 0.3 is 5.97 Å². The van der Waals surface area contributed by atoms with Gasteiger partial charge in [0, 0.05) is 12.2 Å². The van der Waals surface area contributed by atoms with Gasteiger partial charge in [0.1, 0.15) is 18.3 Å². The van der Waals surface area contributed by atoms with E-state index in [9.17, 15) is 4.79 Å². The van der Waals surface area contributed by atoms with Crippen LogP contribution in [0, 0.1) is 11.3 Å². The fraction of sp³-hybridized carbons (Fsp3) is 0.455. The standard InChI is InChI=1S/C11H14N4O2/c1-8(2)15(7-10(16)17-3)11-13-5-4-9(6-12)14-11/h4-5,8H,7H2,1-3H3. The molecule has 1 heterocycles. The lowest BCUT2D eigenvalue weighted by atomic mass is 10.3. The van der Waals surface area contributed by atoms with Crippen LogP contribution in [0.5, 0.6) is 0 Å². The molecule has 0 saturated carbocycles. The molecule has 90 valence electrons. The van der Waals surface area contributed by atoms with Crippen LogP contribution in [-0.4, -0.2) is 35.6 Å². The maximum atomic E-state index is 11.3. The summed E-state index contributed by atoms with van der Waals surface area (Å²) >= 11 is 0. The number of aromatic nitrogens is 2. The Kier molecular flexibility index (Phi) is 4.40. The molecule has 0 bridgehead atoms. The fourth-order valence-corrected chi connectivity index (χ4v) is 1.24. The van der Waals surface area contributed by atoms with Gasteiger partial charge < -0.3 is 9.64 Å². The summed E-state index contributed by atoms with van der Waals surface area (Å²) in [5, 5.41) is 8.76. The van der Waals surface area contributed by atoms with Gasteiger partial charge in [0.25, 0.3) is 0 Å². The van der Waals surface area contributed by atoms with Crippen LogP contribution in [0.4, 0.5) is 5.95 Å². The number of ether oxygens (including phenoxy) is 1. The Morgan fingerprint density at radius 3 is 2.88 bits per heavy atom. The minimum absolute atomic E-state index is 0.0306. The molecule has 0 aromatic carbocycles. The number of methoxy groups -OCH3 is 1. The first-order chi connectivity index (χ1) is 8.08. The van der Waals surface area contributed by atoms with Crippen molar-refractivity contribution in [3.8, 4) is 6.07 Å². The van der Waals surface area contributed by atoms with Gasteiger partial charge in [-0.3, -0.25) is 4.79 Å². The second-order valence-electron chi connectivity index (χ2n) is 3.65. The van der Waals surface area contributed by atoms with Crippen LogP contribution in [0.3, 0.4) is 0 Å². The van der Waals surface area contributed by atoms with E-state index in [-0.39, 0.29) is 24.2 Å². The average molecular weight is 234 g/mol. The fourth-order valence-electron chi connectivity index (χ4n) is 1.24. The Hall–Kier alpha value is -2.16. The molecule has 0 aliphatic heterocycles. The lowest BCUT2D eigenvalue weighted by Gasteiger charge is -2.25. The van der Waals surface area contributed by atoms with Crippen molar-refractivity contribution in [3.05, 3.63) is 18.0 Å². The quantitative estimate of drug-likeness (QED) is 0.715. The number of anilines is 1. The normalized spacial score (nSPS) is 9.82. The summed E-state index contributed by atoms with van der Waals surface area (Å²) in [6.45, 7) is 3.87. The Labute approximate surface area is 99.9 Å². The number of nitriles is 1. The van der Waals surface area contributed by atoms with E-state index in [1.54, 1.807) is 4.90 Å². The third kappa shape index (κ3) is 3.41. The SMILES string of the molecule is COC(=O)CN(c1nccc(C#N)n1)C(C)C. The van der Waals surface area contributed by atoms with Crippen molar-refractivity contribution in [2.24, 2.45) is 0 Å². The van der Waals surface area contributed by atoms with Gasteiger partial charge in [-0.25, -0.2) is 9.97 Å². The molecule has 0 saturated heterocycles. The lowest BCUT2D eigenvalue weighted by Crippen LogP contribution is -2.37. The second kappa shape index (κ2) is 5.80. The van der Waals surface area contributed by atoms with E-state index >= 15 is 0 Å². The van der Waals surface area contributed by atoms with Crippen molar-refractivity contribution >= 4 is 11.9 Å². The van der Waals surface area contributed by atoms with Crippen LogP contribution in [0.15, 0.2) is 12.3 Å². The van der Waals surface area contributed by atoms with Gasteiger partial charge in [0.2, 0.25) is 5.95 Å². The maximum absolute atomic E-state index is 11.3. The highest BCUT2D eigenvalue weighted by Gasteiger charge is 2.17. The van der Waals surface area contributed by atoms with E-state index in [1.807, 2.05) is 19.9 Å². The predicted octanol–water partition coefficient (Wildman–Crippen LogP) is 0.736. The van der Waals surface area contributed by atoms with Crippen LogP contribution in [0.1, 0.15) is 19.5 Å². The summed E-state index contributed by atoms with van der Waals surface area (Å²) in [5.41, 5.74) is 0.269. The molecule has 0 spiro atoms. The third-order valence-electron chi connectivity index (χ3n) is 2.16. The van der Waals surface area contributed by atoms with Crippen molar-refractivity contribution in [2.75, 3.05) is 18.6 Å². The molecule has 0 atom stereocenters. The third-order valence-corrected chi connectivity index (χ3v) is 2.16. The van der Waals surface area contributed by atoms with Crippen LogP contribution >= 0.6 is 0 Å². The molecule has 0 aliphatic carbocycles. The Bertz CT molecular complexity index is 439. The van der Waals surface area contributed by atoms with Crippen molar-refractivity contribution in [1.29, 1.82) is 5.26 Å². The minimum Gasteiger partial charge on any atom is -0.468 e. The van der Waals surface area contributed by atoms with Crippen LogP contribution < -0.4 is 4.90 Å². The van der Waals surface area contributed by atoms with Gasteiger partial charge in [-0.2, -0.15) is 5.26 Å². The largest absolute Gasteiger partial charge is 0.468 e. The molecular weight excluding hydrogens is 220 g/mol. The van der Waals surface area contributed by atoms with Crippen molar-refractivity contribution in [3.63, 3.8) is 0 Å². The van der Waals surface area contributed by atoms with E-state index in [1.165, 1.54) is 19.4 Å². The van der Waals surface area contributed by atoms with Crippen LogP contribution in [-0.2, 0) is 9.53 Å². The van der Waals surface area contributed by atoms with Crippen LogP contribution in [0.2, 0.25) is 0 Å². The number of carbonyl (C=O) groups excluding carboxylic acids is 1. The molecule has 1 rings (SSSR count). The van der Waals surface area contributed by atoms with Crippen LogP contribution in [0.25, 0.3) is 0 Å². The van der Waals surface area contributed by atoms with Crippen molar-refractivity contribution < 1.29 is 9.53 Å². The zero-order valence-corrected chi connectivity index (χ0v) is 10.0. The molecule has 0 fully saturated rings. The van der Waals surface area contributed by atoms with Gasteiger partial charge in [0.05, 0.1) is 7.11 Å². The second-order valence-corrected chi connectivity index (χ2v) is 3.65. The highest BCUT2D eigenvalue weighted by atomic mass is 16.5. The average Bonchev–Trinajstić information content (AvgIpc) is 2.35. The molecule has 6 heteroatoms. The molecule has 0 unspecified atom stereocenters. The number of rotatable bonds is 4. The van der Waals surface area contributed by atoms with Crippen molar-refractivity contribution in [1.82, 2.24) is 9.97 Å². The maximum Gasteiger partial charge on any atom is 0.325 e. The molecule has 0 radical (unpaired) electrons. The topological polar surface area (TPSA) is 79.1 Å². The van der Waals surface area contributed by atoms with E-state index in [0.29, 0.717) is 5.95 Å². The van der Waals surface area contributed by atoms with E-state index in [4.69, 9.17) is 5.26 Å². The Morgan fingerprint density at radius 1 is 1.65 bits per heavy atom. The van der Waals surface area contributed by atoms with Gasteiger partial charge in [-0.05, 0) is 19.9 Å². The molecule has 0 amide bonds. The minimum atomic E-state index is -0.371. The number of hydrogen-bond donors (Lipinski definition) is 0. The van der Waals surface area contributed by atoms with E-state index in [0.717, 1.165) is 0 Å². The zero-order valence-electron chi connectivity index (χ0n) is 10.0. The molecular formula is C11H14N4O2. The van der Waals surface area contributed by atoms with Crippen molar-refractivity contribution in [2.45, 2.75) is 19.9 Å². The summed E-state index contributed by atoms with van der Waals surface area (Å²) in [6.07, 6.45) is 1.49. The van der Waals surface area contributed by atoms with Gasteiger partial charge in [-0.15, -0.1) is 0 Å². The number of hydrogen-bond acceptors (Lipinski definition) is 6. The molecule has 1 aromatic rings.